The normalized spacial score (nSPS) is 17.4. The summed E-state index contributed by atoms with van der Waals surface area (Å²) in [6.07, 6.45) is 0. The zero-order chi connectivity index (χ0) is 12.1. The molecule has 0 saturated heterocycles. The van der Waals surface area contributed by atoms with E-state index in [-0.39, 0.29) is 18.6 Å². The maximum Gasteiger partial charge on any atom is 0.246 e. The lowest BCUT2D eigenvalue weighted by atomic mass is 10.1. The van der Waals surface area contributed by atoms with E-state index in [1.54, 1.807) is 0 Å². The Labute approximate surface area is 99.9 Å². The van der Waals surface area contributed by atoms with Crippen LogP contribution in [0, 0.1) is 0 Å². The highest BCUT2D eigenvalue weighted by Crippen LogP contribution is 2.31. The first-order valence-electron chi connectivity index (χ1n) is 5.60. The molecule has 1 amide bonds. The number of carbonyl (C=O) groups is 1. The highest BCUT2D eigenvalue weighted by Gasteiger charge is 2.24. The van der Waals surface area contributed by atoms with E-state index in [0.717, 1.165) is 11.3 Å². The number of benzene rings is 1. The van der Waals surface area contributed by atoms with Crippen molar-refractivity contribution in [1.29, 1.82) is 0 Å². The van der Waals surface area contributed by atoms with Crippen molar-refractivity contribution >= 4 is 5.91 Å². The molecular weight excluding hydrogens is 220 g/mol. The maximum atomic E-state index is 11.6. The Morgan fingerprint density at radius 2 is 2.35 bits per heavy atom. The molecule has 0 saturated carbocycles. The van der Waals surface area contributed by atoms with Crippen molar-refractivity contribution < 1.29 is 14.3 Å². The Bertz CT molecular complexity index is 395. The average molecular weight is 236 g/mol. The van der Waals surface area contributed by atoms with Gasteiger partial charge in [0.2, 0.25) is 5.91 Å². The van der Waals surface area contributed by atoms with E-state index in [0.29, 0.717) is 19.8 Å². The third-order valence-electron chi connectivity index (χ3n) is 2.53. The van der Waals surface area contributed by atoms with Crippen molar-refractivity contribution in [3.8, 4) is 5.75 Å². The summed E-state index contributed by atoms with van der Waals surface area (Å²) in [6.45, 7) is 1.33. The molecule has 1 heterocycles. The second-order valence-electron chi connectivity index (χ2n) is 3.81. The van der Waals surface area contributed by atoms with Gasteiger partial charge in [-0.25, -0.2) is 0 Å². The fourth-order valence-electron chi connectivity index (χ4n) is 1.77. The molecule has 17 heavy (non-hydrogen) atoms. The number of amides is 1. The summed E-state index contributed by atoms with van der Waals surface area (Å²) in [6, 6.07) is 7.60. The average Bonchev–Trinajstić information content (AvgIpc) is 2.73. The van der Waals surface area contributed by atoms with Crippen LogP contribution in [0.25, 0.3) is 0 Å². The van der Waals surface area contributed by atoms with Gasteiger partial charge in [0, 0.05) is 12.1 Å². The van der Waals surface area contributed by atoms with Crippen molar-refractivity contribution in [2.75, 3.05) is 26.4 Å². The summed E-state index contributed by atoms with van der Waals surface area (Å²) in [5.74, 6) is 0.685. The van der Waals surface area contributed by atoms with Crippen molar-refractivity contribution in [2.45, 2.75) is 6.04 Å². The van der Waals surface area contributed by atoms with Crippen molar-refractivity contribution in [3.63, 3.8) is 0 Å². The second kappa shape index (κ2) is 5.65. The van der Waals surface area contributed by atoms with Gasteiger partial charge in [-0.15, -0.1) is 0 Å². The van der Waals surface area contributed by atoms with Crippen LogP contribution < -0.4 is 15.8 Å². The Morgan fingerprint density at radius 3 is 3.18 bits per heavy atom. The van der Waals surface area contributed by atoms with Gasteiger partial charge in [-0.05, 0) is 6.07 Å². The van der Waals surface area contributed by atoms with Gasteiger partial charge >= 0.3 is 0 Å². The number of nitrogens with two attached hydrogens (primary N) is 1. The molecule has 92 valence electrons. The molecule has 1 aliphatic heterocycles. The molecule has 1 unspecified atom stereocenters. The van der Waals surface area contributed by atoms with Gasteiger partial charge in [-0.3, -0.25) is 4.79 Å². The summed E-state index contributed by atoms with van der Waals surface area (Å²) < 4.78 is 10.5. The summed E-state index contributed by atoms with van der Waals surface area (Å²) in [7, 11) is 0. The lowest BCUT2D eigenvalue weighted by Crippen LogP contribution is -2.33. The molecule has 3 N–H and O–H groups in total. The smallest absolute Gasteiger partial charge is 0.246 e. The molecule has 1 aromatic rings. The molecule has 5 nitrogen and oxygen atoms in total. The molecular formula is C12H16N2O3. The molecule has 1 atom stereocenters. The maximum absolute atomic E-state index is 11.6. The van der Waals surface area contributed by atoms with Crippen LogP contribution in [0.1, 0.15) is 11.6 Å². The van der Waals surface area contributed by atoms with Gasteiger partial charge in [0.25, 0.3) is 0 Å². The number of rotatable bonds is 5. The molecule has 0 spiro atoms. The van der Waals surface area contributed by atoms with E-state index in [2.05, 4.69) is 5.32 Å². The van der Waals surface area contributed by atoms with Crippen LogP contribution in [-0.2, 0) is 9.53 Å². The SMILES string of the molecule is NCCOCC(=O)NC1COc2ccccc21. The molecule has 0 bridgehead atoms. The number of hydrogen-bond donors (Lipinski definition) is 2. The van der Waals surface area contributed by atoms with E-state index in [9.17, 15) is 4.79 Å². The zero-order valence-corrected chi connectivity index (χ0v) is 9.52. The summed E-state index contributed by atoms with van der Waals surface area (Å²) >= 11 is 0. The van der Waals surface area contributed by atoms with E-state index < -0.39 is 0 Å². The molecule has 0 radical (unpaired) electrons. The van der Waals surface area contributed by atoms with Crippen LogP contribution in [0.5, 0.6) is 5.75 Å². The number of nitrogens with one attached hydrogen (secondary N) is 1. The largest absolute Gasteiger partial charge is 0.491 e. The van der Waals surface area contributed by atoms with Crippen molar-refractivity contribution in [1.82, 2.24) is 5.32 Å². The van der Waals surface area contributed by atoms with Crippen LogP contribution in [-0.4, -0.2) is 32.3 Å². The third kappa shape index (κ3) is 2.95. The highest BCUT2D eigenvalue weighted by atomic mass is 16.5. The van der Waals surface area contributed by atoms with Crippen LogP contribution in [0.2, 0.25) is 0 Å². The van der Waals surface area contributed by atoms with Gasteiger partial charge < -0.3 is 20.5 Å². The number of fused-ring (bicyclic) bond motifs is 1. The lowest BCUT2D eigenvalue weighted by molar-refractivity contribution is -0.126. The number of hydrogen-bond acceptors (Lipinski definition) is 4. The Morgan fingerprint density at radius 1 is 1.53 bits per heavy atom. The lowest BCUT2D eigenvalue weighted by Gasteiger charge is -2.11. The van der Waals surface area contributed by atoms with Crippen LogP contribution in [0.4, 0.5) is 0 Å². The Hall–Kier alpha value is -1.59. The predicted molar refractivity (Wildman–Crippen MR) is 62.7 cm³/mol. The van der Waals surface area contributed by atoms with Gasteiger partial charge in [0.1, 0.15) is 19.0 Å². The minimum atomic E-state index is -0.149. The number of carbonyl (C=O) groups excluding carboxylic acids is 1. The van der Waals surface area contributed by atoms with Gasteiger partial charge in [0.15, 0.2) is 0 Å². The molecule has 1 aliphatic rings. The van der Waals surface area contributed by atoms with E-state index in [1.165, 1.54) is 0 Å². The first-order chi connectivity index (χ1) is 8.31. The molecule has 0 fully saturated rings. The van der Waals surface area contributed by atoms with Crippen LogP contribution in [0.15, 0.2) is 24.3 Å². The zero-order valence-electron chi connectivity index (χ0n) is 9.52. The topological polar surface area (TPSA) is 73.6 Å². The molecule has 0 aromatic heterocycles. The third-order valence-corrected chi connectivity index (χ3v) is 2.53. The van der Waals surface area contributed by atoms with Gasteiger partial charge in [-0.2, -0.15) is 0 Å². The van der Waals surface area contributed by atoms with E-state index >= 15 is 0 Å². The molecule has 0 aliphatic carbocycles. The van der Waals surface area contributed by atoms with Crippen molar-refractivity contribution in [2.24, 2.45) is 5.73 Å². The molecule has 5 heteroatoms. The molecule has 2 rings (SSSR count). The fraction of sp³-hybridized carbons (Fsp3) is 0.417. The quantitative estimate of drug-likeness (QED) is 0.717. The second-order valence-corrected chi connectivity index (χ2v) is 3.81. The monoisotopic (exact) mass is 236 g/mol. The number of para-hydroxylation sites is 1. The summed E-state index contributed by atoms with van der Waals surface area (Å²) in [4.78, 5) is 11.6. The Balaban J connectivity index is 1.87. The summed E-state index contributed by atoms with van der Waals surface area (Å²) in [5, 5.41) is 2.86. The first-order valence-corrected chi connectivity index (χ1v) is 5.60. The Kier molecular flexibility index (Phi) is 3.95. The van der Waals surface area contributed by atoms with Gasteiger partial charge in [-0.1, -0.05) is 18.2 Å². The minimum absolute atomic E-state index is 0.0376. The predicted octanol–water partition coefficient (Wildman–Crippen LogP) is 0.212. The molecule has 1 aromatic carbocycles. The fourth-order valence-corrected chi connectivity index (χ4v) is 1.77. The van der Waals surface area contributed by atoms with Crippen molar-refractivity contribution in [3.05, 3.63) is 29.8 Å². The van der Waals surface area contributed by atoms with Crippen LogP contribution >= 0.6 is 0 Å². The van der Waals surface area contributed by atoms with Crippen LogP contribution in [0.3, 0.4) is 0 Å². The first kappa shape index (κ1) is 11.9. The van der Waals surface area contributed by atoms with Gasteiger partial charge in [0.05, 0.1) is 12.6 Å². The minimum Gasteiger partial charge on any atom is -0.491 e. The number of ether oxygens (including phenoxy) is 2. The summed E-state index contributed by atoms with van der Waals surface area (Å²) in [5.41, 5.74) is 6.28. The highest BCUT2D eigenvalue weighted by molar-refractivity contribution is 5.78. The van der Waals surface area contributed by atoms with E-state index in [1.807, 2.05) is 24.3 Å². The van der Waals surface area contributed by atoms with E-state index in [4.69, 9.17) is 15.2 Å². The standard InChI is InChI=1S/C12H16N2O3/c13-5-6-16-8-12(15)14-10-7-17-11-4-2-1-3-9(10)11/h1-4,10H,5-8,13H2,(H,14,15).